The molecule has 1 saturated heterocycles. The molecule has 9 nitrogen and oxygen atoms in total. The van der Waals surface area contributed by atoms with Crippen LogP contribution in [0.15, 0.2) is 43.2 Å². The number of benzene rings is 1. The molecule has 4 aromatic rings. The Morgan fingerprint density at radius 2 is 1.76 bits per heavy atom. The third-order valence-electron chi connectivity index (χ3n) is 7.39. The van der Waals surface area contributed by atoms with Crippen LogP contribution in [0, 0.1) is 11.6 Å². The molecule has 0 aliphatic carbocycles. The van der Waals surface area contributed by atoms with Gasteiger partial charge < -0.3 is 14.8 Å². The largest absolute Gasteiger partial charge is 0.352 e. The maximum absolute atomic E-state index is 13.6. The molecule has 1 fully saturated rings. The molecule has 1 N–H and O–H groups in total. The Kier molecular flexibility index (Phi) is 6.67. The summed E-state index contributed by atoms with van der Waals surface area (Å²) in [6.45, 7) is 4.78. The molecule has 2 aliphatic heterocycles. The standard InChI is InChI=1S/C27H28F2N8O/c28-20-5-4-18(13-21(20)29)6-8-35-9-11-36(12-10-35)26-25-24(32-17-33-26)23(22-3-1-2-7-37(22)25)27(38)34-19-14-30-16-31-15-19/h4-5,13-17H,1-3,6-12H2,(H,34,38). The number of nitrogens with one attached hydrogen (secondary N) is 1. The number of carbonyl (C=O) groups excluding carboxylic acids is 1. The van der Waals surface area contributed by atoms with E-state index in [0.717, 1.165) is 81.1 Å². The van der Waals surface area contributed by atoms with Crippen molar-refractivity contribution in [1.29, 1.82) is 0 Å². The second kappa shape index (κ2) is 10.4. The van der Waals surface area contributed by atoms with Gasteiger partial charge in [0.25, 0.3) is 5.91 Å². The summed E-state index contributed by atoms with van der Waals surface area (Å²) in [4.78, 5) is 35.2. The van der Waals surface area contributed by atoms with E-state index in [4.69, 9.17) is 0 Å². The average Bonchev–Trinajstić information content (AvgIpc) is 3.29. The number of hydrogen-bond acceptors (Lipinski definition) is 7. The van der Waals surface area contributed by atoms with Gasteiger partial charge in [-0.25, -0.2) is 28.7 Å². The Balaban J connectivity index is 1.22. The number of rotatable bonds is 6. The first kappa shape index (κ1) is 24.4. The van der Waals surface area contributed by atoms with E-state index in [1.165, 1.54) is 18.5 Å². The molecule has 0 radical (unpaired) electrons. The maximum atomic E-state index is 13.6. The second-order valence-electron chi connectivity index (χ2n) is 9.73. The number of piperazine rings is 1. The number of nitrogens with zero attached hydrogens (tertiary/aromatic N) is 7. The molecule has 0 atom stereocenters. The Morgan fingerprint density at radius 1 is 0.947 bits per heavy atom. The molecular formula is C27H28F2N8O. The SMILES string of the molecule is O=C(Nc1cncnc1)c1c2n(c3c(N4CCN(CCc5ccc(F)c(F)c5)CC4)ncnc13)CCCC2. The van der Waals surface area contributed by atoms with Gasteiger partial charge in [0.15, 0.2) is 17.5 Å². The zero-order chi connectivity index (χ0) is 26.1. The topological polar surface area (TPSA) is 92.1 Å². The summed E-state index contributed by atoms with van der Waals surface area (Å²) in [5, 5.41) is 2.92. The molecule has 0 unspecified atom stereocenters. The van der Waals surface area contributed by atoms with Crippen molar-refractivity contribution >= 4 is 28.4 Å². The fourth-order valence-corrected chi connectivity index (χ4v) is 5.47. The smallest absolute Gasteiger partial charge is 0.259 e. The molecule has 1 amide bonds. The normalized spacial score (nSPS) is 16.0. The highest BCUT2D eigenvalue weighted by molar-refractivity contribution is 6.14. The Hall–Kier alpha value is -3.99. The van der Waals surface area contributed by atoms with Gasteiger partial charge in [0.05, 0.1) is 23.6 Å². The van der Waals surface area contributed by atoms with Crippen LogP contribution in [0.1, 0.15) is 34.5 Å². The van der Waals surface area contributed by atoms with E-state index in [1.807, 2.05) is 0 Å². The lowest BCUT2D eigenvalue weighted by Crippen LogP contribution is -2.47. The summed E-state index contributed by atoms with van der Waals surface area (Å²) < 4.78 is 29.0. The lowest BCUT2D eigenvalue weighted by Gasteiger charge is -2.35. The molecule has 0 spiro atoms. The number of carbonyl (C=O) groups is 1. The zero-order valence-corrected chi connectivity index (χ0v) is 20.9. The zero-order valence-electron chi connectivity index (χ0n) is 20.9. The van der Waals surface area contributed by atoms with Crippen molar-refractivity contribution in [3.63, 3.8) is 0 Å². The number of amides is 1. The molecule has 2 aliphatic rings. The lowest BCUT2D eigenvalue weighted by atomic mass is 10.1. The van der Waals surface area contributed by atoms with Crippen LogP contribution in [0.3, 0.4) is 0 Å². The van der Waals surface area contributed by atoms with E-state index in [1.54, 1.807) is 24.8 Å². The maximum Gasteiger partial charge on any atom is 0.259 e. The molecule has 0 saturated carbocycles. The van der Waals surface area contributed by atoms with Gasteiger partial charge in [0, 0.05) is 45.0 Å². The number of fused-ring (bicyclic) bond motifs is 3. The van der Waals surface area contributed by atoms with Gasteiger partial charge in [-0.2, -0.15) is 0 Å². The molecule has 1 aromatic carbocycles. The molecule has 3 aromatic heterocycles. The van der Waals surface area contributed by atoms with Crippen molar-refractivity contribution in [3.05, 3.63) is 71.7 Å². The van der Waals surface area contributed by atoms with Crippen LogP contribution < -0.4 is 10.2 Å². The Labute approximate surface area is 218 Å². The van der Waals surface area contributed by atoms with Gasteiger partial charge in [-0.1, -0.05) is 6.07 Å². The van der Waals surface area contributed by atoms with Crippen LogP contribution in [0.5, 0.6) is 0 Å². The van der Waals surface area contributed by atoms with Gasteiger partial charge in [-0.15, -0.1) is 0 Å². The van der Waals surface area contributed by atoms with Gasteiger partial charge >= 0.3 is 0 Å². The molecule has 11 heteroatoms. The fraction of sp³-hybridized carbons (Fsp3) is 0.370. The second-order valence-corrected chi connectivity index (χ2v) is 9.73. The first-order valence-electron chi connectivity index (χ1n) is 12.9. The molecule has 0 bridgehead atoms. The van der Waals surface area contributed by atoms with Crippen molar-refractivity contribution in [2.24, 2.45) is 0 Å². The molecule has 5 heterocycles. The van der Waals surface area contributed by atoms with Crippen molar-refractivity contribution in [1.82, 2.24) is 29.4 Å². The van der Waals surface area contributed by atoms with Crippen molar-refractivity contribution in [2.45, 2.75) is 32.2 Å². The fourth-order valence-electron chi connectivity index (χ4n) is 5.47. The quantitative estimate of drug-likeness (QED) is 0.418. The van der Waals surface area contributed by atoms with Crippen LogP contribution >= 0.6 is 0 Å². The number of anilines is 2. The monoisotopic (exact) mass is 518 g/mol. The molecule has 196 valence electrons. The number of halogens is 2. The van der Waals surface area contributed by atoms with E-state index in [0.29, 0.717) is 23.2 Å². The third kappa shape index (κ3) is 4.69. The Bertz CT molecular complexity index is 1470. The predicted molar refractivity (Wildman–Crippen MR) is 139 cm³/mol. The van der Waals surface area contributed by atoms with Crippen molar-refractivity contribution < 1.29 is 13.6 Å². The van der Waals surface area contributed by atoms with Gasteiger partial charge in [-0.3, -0.25) is 9.69 Å². The summed E-state index contributed by atoms with van der Waals surface area (Å²) in [5.74, 6) is -0.991. The summed E-state index contributed by atoms with van der Waals surface area (Å²) >= 11 is 0. The van der Waals surface area contributed by atoms with Crippen LogP contribution in [-0.2, 0) is 19.4 Å². The number of aryl methyl sites for hydroxylation is 1. The van der Waals surface area contributed by atoms with Gasteiger partial charge in [0.2, 0.25) is 0 Å². The molecular weight excluding hydrogens is 490 g/mol. The minimum absolute atomic E-state index is 0.216. The highest BCUT2D eigenvalue weighted by Crippen LogP contribution is 2.35. The summed E-state index contributed by atoms with van der Waals surface area (Å²) in [5.41, 5.74) is 4.49. The first-order chi connectivity index (χ1) is 18.6. The first-order valence-corrected chi connectivity index (χ1v) is 12.9. The minimum atomic E-state index is -0.819. The number of hydrogen-bond donors (Lipinski definition) is 1. The minimum Gasteiger partial charge on any atom is -0.352 e. The number of aromatic nitrogens is 5. The summed E-state index contributed by atoms with van der Waals surface area (Å²) in [6, 6.07) is 4.10. The predicted octanol–water partition coefficient (Wildman–Crippen LogP) is 3.45. The molecule has 6 rings (SSSR count). The Morgan fingerprint density at radius 3 is 2.55 bits per heavy atom. The summed E-state index contributed by atoms with van der Waals surface area (Å²) in [6.07, 6.45) is 9.63. The van der Waals surface area contributed by atoms with Crippen molar-refractivity contribution in [3.8, 4) is 0 Å². The third-order valence-corrected chi connectivity index (χ3v) is 7.39. The van der Waals surface area contributed by atoms with Crippen LogP contribution in [-0.4, -0.2) is 68.0 Å². The van der Waals surface area contributed by atoms with Gasteiger partial charge in [0.1, 0.15) is 23.7 Å². The lowest BCUT2D eigenvalue weighted by molar-refractivity contribution is 0.102. The van der Waals surface area contributed by atoms with Gasteiger partial charge in [-0.05, 0) is 43.4 Å². The van der Waals surface area contributed by atoms with E-state index < -0.39 is 11.6 Å². The van der Waals surface area contributed by atoms with E-state index in [9.17, 15) is 13.6 Å². The highest BCUT2D eigenvalue weighted by atomic mass is 19.2. The summed E-state index contributed by atoms with van der Waals surface area (Å²) in [7, 11) is 0. The van der Waals surface area contributed by atoms with Crippen molar-refractivity contribution in [2.75, 3.05) is 42.9 Å². The molecule has 38 heavy (non-hydrogen) atoms. The van der Waals surface area contributed by atoms with E-state index in [-0.39, 0.29) is 5.91 Å². The highest BCUT2D eigenvalue weighted by Gasteiger charge is 2.30. The average molecular weight is 519 g/mol. The van der Waals surface area contributed by atoms with E-state index >= 15 is 0 Å². The van der Waals surface area contributed by atoms with Crippen LogP contribution in [0.4, 0.5) is 20.3 Å². The van der Waals surface area contributed by atoms with Crippen LogP contribution in [0.2, 0.25) is 0 Å². The van der Waals surface area contributed by atoms with E-state index in [2.05, 4.69) is 39.6 Å². The van der Waals surface area contributed by atoms with Crippen LogP contribution in [0.25, 0.3) is 11.0 Å².